The molecule has 0 fully saturated rings. The van der Waals surface area contributed by atoms with Crippen LogP contribution in [0, 0.1) is 5.95 Å². The van der Waals surface area contributed by atoms with Crippen molar-refractivity contribution in [2.75, 3.05) is 4.90 Å². The normalized spacial score (nSPS) is 11.2. The second kappa shape index (κ2) is 11.8. The third-order valence-corrected chi connectivity index (χ3v) is 8.51. The number of pyridine rings is 1. The molecule has 0 spiro atoms. The van der Waals surface area contributed by atoms with Crippen molar-refractivity contribution in [3.63, 3.8) is 0 Å². The highest BCUT2D eigenvalue weighted by Gasteiger charge is 2.23. The van der Waals surface area contributed by atoms with Gasteiger partial charge in [0.1, 0.15) is 5.82 Å². The van der Waals surface area contributed by atoms with E-state index in [1.54, 1.807) is 6.07 Å². The summed E-state index contributed by atoms with van der Waals surface area (Å²) >= 11 is 0. The van der Waals surface area contributed by atoms with Crippen molar-refractivity contribution >= 4 is 38.7 Å². The fourth-order valence-electron chi connectivity index (χ4n) is 6.50. The number of aromatic nitrogens is 1. The number of anilines is 3. The second-order valence-corrected chi connectivity index (χ2v) is 11.3. The van der Waals surface area contributed by atoms with Crippen molar-refractivity contribution in [2.24, 2.45) is 0 Å². The van der Waals surface area contributed by atoms with E-state index in [1.807, 2.05) is 36.4 Å². The summed E-state index contributed by atoms with van der Waals surface area (Å²) in [6.07, 6.45) is 0. The van der Waals surface area contributed by atoms with Crippen LogP contribution in [0.3, 0.4) is 0 Å². The topological polar surface area (TPSA) is 16.1 Å². The fourth-order valence-corrected chi connectivity index (χ4v) is 6.50. The van der Waals surface area contributed by atoms with Crippen molar-refractivity contribution in [1.29, 1.82) is 0 Å². The zero-order valence-electron chi connectivity index (χ0n) is 25.0. The number of rotatable bonds is 6. The Morgan fingerprint density at radius 3 is 1.37 bits per heavy atom. The van der Waals surface area contributed by atoms with Crippen LogP contribution in [0.5, 0.6) is 0 Å². The lowest BCUT2D eigenvalue weighted by atomic mass is 9.87. The second-order valence-electron chi connectivity index (χ2n) is 11.3. The molecule has 0 radical (unpaired) electrons. The Morgan fingerprint density at radius 1 is 0.391 bits per heavy atom. The average molecular weight is 593 g/mol. The summed E-state index contributed by atoms with van der Waals surface area (Å²) in [5, 5.41) is 4.32. The number of hydrogen-bond donors (Lipinski definition) is 0. The van der Waals surface area contributed by atoms with Crippen LogP contribution in [-0.2, 0) is 0 Å². The van der Waals surface area contributed by atoms with Crippen molar-refractivity contribution in [3.05, 3.63) is 182 Å². The van der Waals surface area contributed by atoms with Crippen molar-refractivity contribution in [2.45, 2.75) is 0 Å². The number of fused-ring (bicyclic) bond motifs is 2. The van der Waals surface area contributed by atoms with E-state index in [1.165, 1.54) is 17.2 Å². The number of hydrogen-bond acceptors (Lipinski definition) is 2. The molecule has 0 amide bonds. The predicted octanol–water partition coefficient (Wildman–Crippen LogP) is 12.0. The Hall–Kier alpha value is -6.06. The van der Waals surface area contributed by atoms with E-state index in [-0.39, 0.29) is 0 Å². The smallest absolute Gasteiger partial charge is 0.214 e. The summed E-state index contributed by atoms with van der Waals surface area (Å²) in [5.41, 5.74) is 8.80. The van der Waals surface area contributed by atoms with Crippen LogP contribution >= 0.6 is 0 Å². The van der Waals surface area contributed by atoms with Crippen molar-refractivity contribution < 1.29 is 4.39 Å². The standard InChI is InChI=1S/C43H29FN2/c44-40-25-14-26-41(45-40)46(35-19-8-3-9-20-35)43-38-23-12-10-21-36(38)42(37-22-11-13-24-39(37)43)34-28-32(30-15-4-1-5-16-30)27-33(29-34)31-17-6-2-7-18-31/h1-29H. The van der Waals surface area contributed by atoms with Crippen LogP contribution < -0.4 is 4.90 Å². The van der Waals surface area contributed by atoms with Gasteiger partial charge >= 0.3 is 0 Å². The fraction of sp³-hybridized carbons (Fsp3) is 0. The first-order valence-corrected chi connectivity index (χ1v) is 15.4. The Bertz CT molecular complexity index is 2200. The zero-order chi connectivity index (χ0) is 30.9. The Balaban J connectivity index is 1.47. The number of benzene rings is 7. The molecule has 46 heavy (non-hydrogen) atoms. The lowest BCUT2D eigenvalue weighted by Gasteiger charge is -2.28. The SMILES string of the molecule is Fc1cccc(N(c2ccccc2)c2c3ccccc3c(-c3cc(-c4ccccc4)cc(-c4ccccc4)c3)c3ccccc23)n1. The van der Waals surface area contributed by atoms with E-state index < -0.39 is 5.95 Å². The van der Waals surface area contributed by atoms with Gasteiger partial charge in [0.05, 0.1) is 5.69 Å². The lowest BCUT2D eigenvalue weighted by Crippen LogP contribution is -2.13. The number of para-hydroxylation sites is 1. The molecule has 0 aliphatic carbocycles. The first-order chi connectivity index (χ1) is 22.7. The maximum absolute atomic E-state index is 14.7. The third-order valence-electron chi connectivity index (χ3n) is 8.51. The van der Waals surface area contributed by atoms with Crippen LogP contribution in [0.15, 0.2) is 176 Å². The molecular weight excluding hydrogens is 563 g/mol. The van der Waals surface area contributed by atoms with Gasteiger partial charge in [0.2, 0.25) is 5.95 Å². The molecule has 8 rings (SSSR count). The van der Waals surface area contributed by atoms with Crippen LogP contribution in [0.1, 0.15) is 0 Å². The van der Waals surface area contributed by atoms with Gasteiger partial charge in [0, 0.05) is 16.5 Å². The average Bonchev–Trinajstić information content (AvgIpc) is 3.12. The molecule has 1 aromatic heterocycles. The lowest BCUT2D eigenvalue weighted by molar-refractivity contribution is 0.584. The highest BCUT2D eigenvalue weighted by Crippen LogP contribution is 2.48. The van der Waals surface area contributed by atoms with E-state index in [0.29, 0.717) is 5.82 Å². The summed E-state index contributed by atoms with van der Waals surface area (Å²) in [5.74, 6) is 0.00141. The molecule has 0 atom stereocenters. The minimum atomic E-state index is -0.519. The van der Waals surface area contributed by atoms with Crippen molar-refractivity contribution in [3.8, 4) is 33.4 Å². The van der Waals surface area contributed by atoms with E-state index in [0.717, 1.165) is 55.2 Å². The van der Waals surface area contributed by atoms with Gasteiger partial charge in [-0.1, -0.05) is 133 Å². The van der Waals surface area contributed by atoms with E-state index >= 15 is 0 Å². The Labute approximate surface area is 267 Å². The molecular formula is C43H29FN2. The summed E-state index contributed by atoms with van der Waals surface area (Å²) in [7, 11) is 0. The first-order valence-electron chi connectivity index (χ1n) is 15.4. The first kappa shape index (κ1) is 27.5. The van der Waals surface area contributed by atoms with E-state index in [2.05, 4.69) is 137 Å². The van der Waals surface area contributed by atoms with Gasteiger partial charge in [0.15, 0.2) is 0 Å². The van der Waals surface area contributed by atoms with Crippen LogP contribution in [-0.4, -0.2) is 4.98 Å². The van der Waals surface area contributed by atoms with Gasteiger partial charge in [-0.25, -0.2) is 4.98 Å². The molecule has 1 heterocycles. The maximum Gasteiger partial charge on any atom is 0.214 e. The van der Waals surface area contributed by atoms with Gasteiger partial charge < -0.3 is 0 Å². The highest BCUT2D eigenvalue weighted by atomic mass is 19.1. The third kappa shape index (κ3) is 4.98. The minimum absolute atomic E-state index is 0.519. The van der Waals surface area contributed by atoms with E-state index in [9.17, 15) is 4.39 Å². The molecule has 0 saturated carbocycles. The van der Waals surface area contributed by atoms with Gasteiger partial charge in [-0.15, -0.1) is 0 Å². The molecule has 218 valence electrons. The Kier molecular flexibility index (Phi) is 7.05. The minimum Gasteiger partial charge on any atom is -0.294 e. The number of halogens is 1. The Morgan fingerprint density at radius 2 is 0.848 bits per heavy atom. The molecule has 0 aliphatic heterocycles. The largest absolute Gasteiger partial charge is 0.294 e. The molecule has 8 aromatic rings. The number of nitrogens with zero attached hydrogens (tertiary/aromatic N) is 2. The molecule has 0 bridgehead atoms. The summed E-state index contributed by atoms with van der Waals surface area (Å²) in [6, 6.07) is 60.1. The zero-order valence-corrected chi connectivity index (χ0v) is 25.0. The van der Waals surface area contributed by atoms with Gasteiger partial charge in [-0.3, -0.25) is 4.90 Å². The monoisotopic (exact) mass is 592 g/mol. The van der Waals surface area contributed by atoms with Gasteiger partial charge in [-0.05, 0) is 86.6 Å². The maximum atomic E-state index is 14.7. The van der Waals surface area contributed by atoms with E-state index in [4.69, 9.17) is 0 Å². The molecule has 0 aliphatic rings. The van der Waals surface area contributed by atoms with Crippen molar-refractivity contribution in [1.82, 2.24) is 4.98 Å². The quantitative estimate of drug-likeness (QED) is 0.141. The molecule has 7 aromatic carbocycles. The predicted molar refractivity (Wildman–Crippen MR) is 190 cm³/mol. The molecule has 0 saturated heterocycles. The highest BCUT2D eigenvalue weighted by molar-refractivity contribution is 6.22. The van der Waals surface area contributed by atoms with Gasteiger partial charge in [0.25, 0.3) is 0 Å². The van der Waals surface area contributed by atoms with Gasteiger partial charge in [-0.2, -0.15) is 4.39 Å². The summed E-state index contributed by atoms with van der Waals surface area (Å²) in [6.45, 7) is 0. The molecule has 3 heteroatoms. The van der Waals surface area contributed by atoms with Crippen LogP contribution in [0.2, 0.25) is 0 Å². The summed E-state index contributed by atoms with van der Waals surface area (Å²) in [4.78, 5) is 6.45. The van der Waals surface area contributed by atoms with Crippen LogP contribution in [0.25, 0.3) is 54.9 Å². The molecule has 2 nitrogen and oxygen atoms in total. The molecule has 0 unspecified atom stereocenters. The summed E-state index contributed by atoms with van der Waals surface area (Å²) < 4.78 is 14.7. The molecule has 0 N–H and O–H groups in total. The van der Waals surface area contributed by atoms with Crippen LogP contribution in [0.4, 0.5) is 21.6 Å².